The van der Waals surface area contributed by atoms with Crippen LogP contribution < -0.4 is 0 Å². The zero-order chi connectivity index (χ0) is 43.0. The van der Waals surface area contributed by atoms with E-state index in [1.807, 2.05) is 6.07 Å². The highest BCUT2D eigenvalue weighted by molar-refractivity contribution is 6.22. The quantitative estimate of drug-likeness (QED) is 0.177. The van der Waals surface area contributed by atoms with E-state index in [9.17, 15) is 0 Å². The van der Waals surface area contributed by atoms with E-state index in [2.05, 4.69) is 227 Å². The minimum absolute atomic E-state index is 0.838. The molecule has 0 saturated heterocycles. The maximum absolute atomic E-state index is 6.76. The topological polar surface area (TPSA) is 31.2 Å². The average Bonchev–Trinajstić information content (AvgIpc) is 3.98. The van der Waals surface area contributed by atoms with Crippen LogP contribution in [0.1, 0.15) is 37.0 Å². The minimum atomic E-state index is 0.838. The van der Waals surface area contributed by atoms with E-state index < -0.39 is 0 Å². The number of fused-ring (bicyclic) bond motifs is 9. The van der Waals surface area contributed by atoms with Crippen LogP contribution in [0.3, 0.4) is 0 Å². The van der Waals surface area contributed by atoms with Gasteiger partial charge in [0.15, 0.2) is 0 Å². The molecule has 0 amide bonds. The zero-order valence-electron chi connectivity index (χ0n) is 36.4. The fourth-order valence-corrected chi connectivity index (χ4v) is 9.05. The van der Waals surface area contributed by atoms with Crippen molar-refractivity contribution in [3.63, 3.8) is 0 Å². The van der Waals surface area contributed by atoms with Crippen molar-refractivity contribution in [1.82, 2.24) is 4.57 Å². The molecule has 0 aliphatic rings. The summed E-state index contributed by atoms with van der Waals surface area (Å²) in [5.41, 5.74) is 17.9. The van der Waals surface area contributed by atoms with Gasteiger partial charge in [0.1, 0.15) is 22.3 Å². The molecule has 12 rings (SSSR count). The standard InChI is InChI=1S/C43H27NO2.C14H14.C3H8/c1-26-15-21-39-33(23-26)35-25-36-34-24-30(44-37-13-7-5-11-31(37)32-12-6-8-14-38(32)44)20-22-40(34)46-43(36)41(42(35)45-39)29-18-16-28(17-19-29)27-9-3-2-4-10-27;1-11-7-3-5-9-13(11)14-10-6-4-8-12(14)2;1-3-2/h2-25H,1H3;3-10H,1-2H3;3H2,1-2H3. The molecular weight excluding hydrogens is 767 g/mol. The van der Waals surface area contributed by atoms with E-state index in [0.29, 0.717) is 0 Å². The van der Waals surface area contributed by atoms with Crippen LogP contribution in [-0.2, 0) is 0 Å². The second kappa shape index (κ2) is 16.7. The van der Waals surface area contributed by atoms with Crippen LogP contribution in [0.4, 0.5) is 0 Å². The molecule has 0 aliphatic carbocycles. The molecule has 0 fully saturated rings. The van der Waals surface area contributed by atoms with Gasteiger partial charge in [-0.2, -0.15) is 0 Å². The summed E-state index contributed by atoms with van der Waals surface area (Å²) in [5.74, 6) is 0. The lowest BCUT2D eigenvalue weighted by atomic mass is 9.96. The Bertz CT molecular complexity index is 3490. The molecule has 0 spiro atoms. The highest BCUT2D eigenvalue weighted by atomic mass is 16.3. The van der Waals surface area contributed by atoms with Crippen molar-refractivity contribution in [1.29, 1.82) is 0 Å². The van der Waals surface area contributed by atoms with Gasteiger partial charge < -0.3 is 13.4 Å². The van der Waals surface area contributed by atoms with Gasteiger partial charge in [-0.25, -0.2) is 0 Å². The summed E-state index contributed by atoms with van der Waals surface area (Å²) in [6, 6.07) is 68.7. The summed E-state index contributed by atoms with van der Waals surface area (Å²) in [5, 5.41) is 6.87. The summed E-state index contributed by atoms with van der Waals surface area (Å²) < 4.78 is 15.7. The second-order valence-electron chi connectivity index (χ2n) is 16.5. The summed E-state index contributed by atoms with van der Waals surface area (Å²) in [4.78, 5) is 0. The molecule has 0 saturated carbocycles. The van der Waals surface area contributed by atoms with E-state index >= 15 is 0 Å². The Kier molecular flexibility index (Phi) is 10.5. The molecule has 0 aliphatic heterocycles. The lowest BCUT2D eigenvalue weighted by molar-refractivity contribution is 0.658. The Morgan fingerprint density at radius 2 is 0.841 bits per heavy atom. The Hall–Kier alpha value is -7.62. The third kappa shape index (κ3) is 7.16. The van der Waals surface area contributed by atoms with Gasteiger partial charge in [0.2, 0.25) is 0 Å². The summed E-state index contributed by atoms with van der Waals surface area (Å²) >= 11 is 0. The van der Waals surface area contributed by atoms with E-state index in [-0.39, 0.29) is 0 Å². The first kappa shape index (κ1) is 39.5. The van der Waals surface area contributed by atoms with Gasteiger partial charge in [-0.3, -0.25) is 0 Å². The molecule has 63 heavy (non-hydrogen) atoms. The predicted octanol–water partition coefficient (Wildman–Crippen LogP) is 17.6. The van der Waals surface area contributed by atoms with Crippen molar-refractivity contribution in [3.8, 4) is 39.1 Å². The first-order chi connectivity index (χ1) is 30.9. The number of hydrogen-bond acceptors (Lipinski definition) is 2. The molecule has 3 heteroatoms. The monoisotopic (exact) mass is 815 g/mol. The Morgan fingerprint density at radius 1 is 0.381 bits per heavy atom. The molecule has 0 bridgehead atoms. The van der Waals surface area contributed by atoms with Crippen LogP contribution in [0.15, 0.2) is 203 Å². The first-order valence-electron chi connectivity index (χ1n) is 22.0. The Labute approximate surface area is 368 Å². The van der Waals surface area contributed by atoms with Crippen molar-refractivity contribution < 1.29 is 8.83 Å². The molecule has 12 aromatic rings. The zero-order valence-corrected chi connectivity index (χ0v) is 36.4. The lowest BCUT2D eigenvalue weighted by Crippen LogP contribution is -1.93. The molecular formula is C60H49NO2. The molecule has 306 valence electrons. The number of benzene rings is 9. The second-order valence-corrected chi connectivity index (χ2v) is 16.5. The van der Waals surface area contributed by atoms with E-state index in [1.54, 1.807) is 0 Å². The highest BCUT2D eigenvalue weighted by Crippen LogP contribution is 2.45. The lowest BCUT2D eigenvalue weighted by Gasteiger charge is -2.08. The summed E-state index contributed by atoms with van der Waals surface area (Å²) in [7, 11) is 0. The number of para-hydroxylation sites is 2. The minimum Gasteiger partial charge on any atom is -0.455 e. The molecule has 3 nitrogen and oxygen atoms in total. The molecule has 0 N–H and O–H groups in total. The number of aryl methyl sites for hydroxylation is 3. The van der Waals surface area contributed by atoms with Gasteiger partial charge in [0, 0.05) is 38.0 Å². The van der Waals surface area contributed by atoms with E-state index in [1.165, 1.54) is 67.2 Å². The molecule has 9 aromatic carbocycles. The number of rotatable bonds is 4. The molecule has 0 atom stereocenters. The smallest absolute Gasteiger partial charge is 0.147 e. The van der Waals surface area contributed by atoms with E-state index in [0.717, 1.165) is 60.7 Å². The van der Waals surface area contributed by atoms with Crippen molar-refractivity contribution in [2.75, 3.05) is 0 Å². The third-order valence-corrected chi connectivity index (χ3v) is 12.0. The van der Waals surface area contributed by atoms with Crippen LogP contribution in [0, 0.1) is 20.8 Å². The van der Waals surface area contributed by atoms with Crippen LogP contribution in [0.25, 0.3) is 105 Å². The summed E-state index contributed by atoms with van der Waals surface area (Å²) in [6.45, 7) is 10.7. The normalized spacial score (nSPS) is 11.3. The van der Waals surface area contributed by atoms with E-state index in [4.69, 9.17) is 8.83 Å². The van der Waals surface area contributed by atoms with Gasteiger partial charge in [-0.15, -0.1) is 0 Å². The largest absolute Gasteiger partial charge is 0.455 e. The maximum Gasteiger partial charge on any atom is 0.147 e. The van der Waals surface area contributed by atoms with Crippen molar-refractivity contribution in [2.45, 2.75) is 41.0 Å². The van der Waals surface area contributed by atoms with Gasteiger partial charge in [-0.1, -0.05) is 171 Å². The van der Waals surface area contributed by atoms with Crippen LogP contribution in [0.5, 0.6) is 0 Å². The van der Waals surface area contributed by atoms with Crippen molar-refractivity contribution >= 4 is 65.7 Å². The van der Waals surface area contributed by atoms with Crippen molar-refractivity contribution in [3.05, 3.63) is 211 Å². The predicted molar refractivity (Wildman–Crippen MR) is 268 cm³/mol. The number of nitrogens with zero attached hydrogens (tertiary/aromatic N) is 1. The van der Waals surface area contributed by atoms with Crippen LogP contribution in [0.2, 0.25) is 0 Å². The number of hydrogen-bond donors (Lipinski definition) is 0. The van der Waals surface area contributed by atoms with Gasteiger partial charge in [-0.05, 0) is 108 Å². The number of aromatic nitrogens is 1. The maximum atomic E-state index is 6.76. The SMILES string of the molecule is CCC.Cc1ccc2oc3c(-c4ccc(-c5ccccc5)cc4)c4oc5ccc(-n6c7ccccc7c7ccccc76)cc5c4cc3c2c1.Cc1ccccc1-c1ccccc1C. The van der Waals surface area contributed by atoms with Gasteiger partial charge in [0.25, 0.3) is 0 Å². The Balaban J connectivity index is 0.000000234. The Morgan fingerprint density at radius 3 is 1.41 bits per heavy atom. The third-order valence-electron chi connectivity index (χ3n) is 12.0. The van der Waals surface area contributed by atoms with Gasteiger partial charge >= 0.3 is 0 Å². The fourth-order valence-electron chi connectivity index (χ4n) is 9.05. The molecule has 3 aromatic heterocycles. The molecule has 0 unspecified atom stereocenters. The van der Waals surface area contributed by atoms with Crippen LogP contribution in [-0.4, -0.2) is 4.57 Å². The first-order valence-corrected chi connectivity index (χ1v) is 22.0. The summed E-state index contributed by atoms with van der Waals surface area (Å²) in [6.07, 6.45) is 1.25. The molecule has 3 heterocycles. The number of furan rings is 2. The highest BCUT2D eigenvalue weighted by Gasteiger charge is 2.22. The molecule has 0 radical (unpaired) electrons. The fraction of sp³-hybridized carbons (Fsp3) is 0.100. The van der Waals surface area contributed by atoms with Crippen molar-refractivity contribution in [2.24, 2.45) is 0 Å². The van der Waals surface area contributed by atoms with Gasteiger partial charge in [0.05, 0.1) is 16.6 Å². The average molecular weight is 816 g/mol. The van der Waals surface area contributed by atoms with Crippen LogP contribution >= 0.6 is 0 Å².